The van der Waals surface area contributed by atoms with E-state index in [4.69, 9.17) is 9.84 Å². The van der Waals surface area contributed by atoms with Crippen molar-refractivity contribution in [2.75, 3.05) is 20.3 Å². The van der Waals surface area contributed by atoms with E-state index in [1.54, 1.807) is 12.0 Å². The number of carboxylic acids is 1. The summed E-state index contributed by atoms with van der Waals surface area (Å²) in [5, 5.41) is 9.13. The van der Waals surface area contributed by atoms with E-state index < -0.39 is 11.9 Å². The largest absolute Gasteiger partial charge is 0.481 e. The van der Waals surface area contributed by atoms with E-state index in [9.17, 15) is 9.59 Å². The molecule has 0 spiro atoms. The van der Waals surface area contributed by atoms with Crippen LogP contribution < -0.4 is 0 Å². The first-order valence-corrected chi connectivity index (χ1v) is 6.55. The van der Waals surface area contributed by atoms with Crippen molar-refractivity contribution in [2.45, 2.75) is 39.2 Å². The normalized spacial score (nSPS) is 24.8. The lowest BCUT2D eigenvalue weighted by molar-refractivity contribution is -0.150. The third-order valence-electron chi connectivity index (χ3n) is 3.71. The molecule has 0 radical (unpaired) electrons. The first-order valence-electron chi connectivity index (χ1n) is 6.55. The summed E-state index contributed by atoms with van der Waals surface area (Å²) in [6.07, 6.45) is 2.12. The van der Waals surface area contributed by atoms with Gasteiger partial charge < -0.3 is 14.7 Å². The van der Waals surface area contributed by atoms with E-state index in [0.29, 0.717) is 26.0 Å². The molecule has 1 amide bonds. The Morgan fingerprint density at radius 3 is 2.50 bits per heavy atom. The minimum atomic E-state index is -0.846. The van der Waals surface area contributed by atoms with Crippen LogP contribution in [0.1, 0.15) is 33.1 Å². The van der Waals surface area contributed by atoms with E-state index in [-0.39, 0.29) is 17.9 Å². The number of ether oxygens (including phenoxy) is 1. The fourth-order valence-electron chi connectivity index (χ4n) is 2.78. The number of hydrogen-bond acceptors (Lipinski definition) is 3. The van der Waals surface area contributed by atoms with Gasteiger partial charge >= 0.3 is 5.97 Å². The highest BCUT2D eigenvalue weighted by molar-refractivity contribution is 5.85. The van der Waals surface area contributed by atoms with Crippen LogP contribution in [0.2, 0.25) is 0 Å². The SMILES string of the molecule is CCN(C(=O)[C@@H]1CCC[C@@H]1C(=O)O)C(C)COC. The Kier molecular flexibility index (Phi) is 5.59. The molecular weight excluding hydrogens is 234 g/mol. The highest BCUT2D eigenvalue weighted by Gasteiger charge is 2.40. The smallest absolute Gasteiger partial charge is 0.307 e. The second-order valence-corrected chi connectivity index (χ2v) is 4.91. The van der Waals surface area contributed by atoms with E-state index in [0.717, 1.165) is 6.42 Å². The van der Waals surface area contributed by atoms with Gasteiger partial charge in [0.15, 0.2) is 0 Å². The first kappa shape index (κ1) is 15.0. The van der Waals surface area contributed by atoms with Gasteiger partial charge in [0.1, 0.15) is 0 Å². The number of aliphatic carboxylic acids is 1. The molecule has 1 fully saturated rings. The standard InChI is InChI=1S/C13H23NO4/c1-4-14(9(2)8-18-3)12(15)10-6-5-7-11(10)13(16)17/h9-11H,4-8H2,1-3H3,(H,16,17)/t9?,10-,11+/m1/s1. The molecule has 1 aliphatic carbocycles. The summed E-state index contributed by atoms with van der Waals surface area (Å²) in [6.45, 7) is 4.90. The van der Waals surface area contributed by atoms with Crippen LogP contribution in [0.5, 0.6) is 0 Å². The van der Waals surface area contributed by atoms with E-state index in [1.165, 1.54) is 0 Å². The van der Waals surface area contributed by atoms with Crippen LogP contribution in [0.3, 0.4) is 0 Å². The van der Waals surface area contributed by atoms with Crippen molar-refractivity contribution in [1.82, 2.24) is 4.90 Å². The van der Waals surface area contributed by atoms with Crippen LogP contribution in [0.4, 0.5) is 0 Å². The maximum absolute atomic E-state index is 12.4. The summed E-state index contributed by atoms with van der Waals surface area (Å²) < 4.78 is 5.06. The molecule has 0 aromatic carbocycles. The minimum absolute atomic E-state index is 0.0115. The summed E-state index contributed by atoms with van der Waals surface area (Å²) in [6, 6.07) is -0.0115. The predicted molar refractivity (Wildman–Crippen MR) is 67.2 cm³/mol. The average Bonchev–Trinajstić information content (AvgIpc) is 2.79. The summed E-state index contributed by atoms with van der Waals surface area (Å²) in [7, 11) is 1.60. The van der Waals surface area contributed by atoms with Crippen LogP contribution >= 0.6 is 0 Å². The summed E-state index contributed by atoms with van der Waals surface area (Å²) in [4.78, 5) is 25.3. The van der Waals surface area contributed by atoms with Gasteiger partial charge in [-0.3, -0.25) is 9.59 Å². The van der Waals surface area contributed by atoms with Gasteiger partial charge in [0.25, 0.3) is 0 Å². The molecular formula is C13H23NO4. The zero-order valence-corrected chi connectivity index (χ0v) is 11.4. The van der Waals surface area contributed by atoms with Crippen LogP contribution in [-0.4, -0.2) is 48.2 Å². The molecule has 0 bridgehead atoms. The van der Waals surface area contributed by atoms with Crippen LogP contribution in [0, 0.1) is 11.8 Å². The van der Waals surface area contributed by atoms with Gasteiger partial charge in [-0.05, 0) is 26.7 Å². The van der Waals surface area contributed by atoms with E-state index >= 15 is 0 Å². The molecule has 1 unspecified atom stereocenters. The second-order valence-electron chi connectivity index (χ2n) is 4.91. The zero-order valence-electron chi connectivity index (χ0n) is 11.4. The zero-order chi connectivity index (χ0) is 13.7. The number of carbonyl (C=O) groups excluding carboxylic acids is 1. The Morgan fingerprint density at radius 1 is 1.39 bits per heavy atom. The van der Waals surface area contributed by atoms with Gasteiger partial charge in [0.05, 0.1) is 24.5 Å². The fourth-order valence-corrected chi connectivity index (χ4v) is 2.78. The van der Waals surface area contributed by atoms with Gasteiger partial charge in [-0.2, -0.15) is 0 Å². The quantitative estimate of drug-likeness (QED) is 0.780. The second kappa shape index (κ2) is 6.73. The molecule has 5 heteroatoms. The molecule has 1 rings (SSSR count). The topological polar surface area (TPSA) is 66.8 Å². The molecule has 1 N–H and O–H groups in total. The molecule has 18 heavy (non-hydrogen) atoms. The number of likely N-dealkylation sites (N-methyl/N-ethyl adjacent to an activating group) is 1. The maximum atomic E-state index is 12.4. The van der Waals surface area contributed by atoms with Gasteiger partial charge in [-0.25, -0.2) is 0 Å². The van der Waals surface area contributed by atoms with Crippen molar-refractivity contribution in [1.29, 1.82) is 0 Å². The van der Waals surface area contributed by atoms with Crippen molar-refractivity contribution < 1.29 is 19.4 Å². The molecule has 0 saturated heterocycles. The van der Waals surface area contributed by atoms with Crippen LogP contribution in [0.25, 0.3) is 0 Å². The highest BCUT2D eigenvalue weighted by Crippen LogP contribution is 2.33. The Balaban J connectivity index is 2.74. The van der Waals surface area contributed by atoms with Crippen LogP contribution in [0.15, 0.2) is 0 Å². The van der Waals surface area contributed by atoms with E-state index in [2.05, 4.69) is 0 Å². The van der Waals surface area contributed by atoms with Crippen molar-refractivity contribution in [3.8, 4) is 0 Å². The van der Waals surface area contributed by atoms with Gasteiger partial charge in [-0.15, -0.1) is 0 Å². The number of methoxy groups -OCH3 is 1. The summed E-state index contributed by atoms with van der Waals surface area (Å²) >= 11 is 0. The third-order valence-corrected chi connectivity index (χ3v) is 3.71. The minimum Gasteiger partial charge on any atom is -0.481 e. The number of nitrogens with zero attached hydrogens (tertiary/aromatic N) is 1. The Labute approximate surface area is 108 Å². The van der Waals surface area contributed by atoms with Crippen molar-refractivity contribution in [2.24, 2.45) is 11.8 Å². The molecule has 5 nitrogen and oxygen atoms in total. The molecule has 1 saturated carbocycles. The molecule has 0 heterocycles. The predicted octanol–water partition coefficient (Wildman–Crippen LogP) is 1.37. The van der Waals surface area contributed by atoms with Gasteiger partial charge in [0, 0.05) is 13.7 Å². The number of carboxylic acid groups (broad SMARTS) is 1. The van der Waals surface area contributed by atoms with E-state index in [1.807, 2.05) is 13.8 Å². The highest BCUT2D eigenvalue weighted by atomic mass is 16.5. The van der Waals surface area contributed by atoms with Crippen molar-refractivity contribution in [3.05, 3.63) is 0 Å². The number of amides is 1. The van der Waals surface area contributed by atoms with Crippen molar-refractivity contribution in [3.63, 3.8) is 0 Å². The molecule has 0 aliphatic heterocycles. The lowest BCUT2D eigenvalue weighted by Crippen LogP contribution is -2.45. The third kappa shape index (κ3) is 3.22. The number of hydrogen-bond donors (Lipinski definition) is 1. The number of carbonyl (C=O) groups is 2. The molecule has 104 valence electrons. The lowest BCUT2D eigenvalue weighted by Gasteiger charge is -2.31. The van der Waals surface area contributed by atoms with Gasteiger partial charge in [0.2, 0.25) is 5.91 Å². The monoisotopic (exact) mass is 257 g/mol. The Morgan fingerprint density at radius 2 is 2.00 bits per heavy atom. The summed E-state index contributed by atoms with van der Waals surface area (Å²) in [5.74, 6) is -1.75. The molecule has 1 aliphatic rings. The Hall–Kier alpha value is -1.10. The lowest BCUT2D eigenvalue weighted by atomic mass is 9.94. The maximum Gasteiger partial charge on any atom is 0.307 e. The Bertz CT molecular complexity index is 305. The summed E-state index contributed by atoms with van der Waals surface area (Å²) in [5.41, 5.74) is 0. The van der Waals surface area contributed by atoms with Crippen LogP contribution in [-0.2, 0) is 14.3 Å². The van der Waals surface area contributed by atoms with Crippen molar-refractivity contribution >= 4 is 11.9 Å². The average molecular weight is 257 g/mol. The first-order chi connectivity index (χ1) is 8.52. The fraction of sp³-hybridized carbons (Fsp3) is 0.846. The molecule has 3 atom stereocenters. The molecule has 0 aromatic rings. The molecule has 0 aromatic heterocycles. The van der Waals surface area contributed by atoms with Gasteiger partial charge in [-0.1, -0.05) is 6.42 Å². The number of rotatable bonds is 6.